The Morgan fingerprint density at radius 1 is 1.16 bits per heavy atom. The molecule has 0 aromatic heterocycles. The van der Waals surface area contributed by atoms with Crippen LogP contribution in [-0.2, 0) is 16.0 Å². The fraction of sp³-hybridized carbons (Fsp3) is 0.385. The third kappa shape index (κ3) is 6.50. The number of hydrogen-bond acceptors (Lipinski definition) is 3. The first-order valence-electron chi connectivity index (χ1n) is 6.09. The van der Waals surface area contributed by atoms with E-state index in [1.54, 1.807) is 20.8 Å². The summed E-state index contributed by atoms with van der Waals surface area (Å²) in [5, 5.41) is 0. The molecule has 2 N–H and O–H groups in total. The number of carbonyl (C=O) groups excluding carboxylic acids is 2. The molecule has 2 amide bonds. The Balaban J connectivity index is 2.36. The molecule has 102 valence electrons. The number of rotatable bonds is 2. The van der Waals surface area contributed by atoms with Crippen molar-refractivity contribution in [3.8, 4) is 0 Å². The Morgan fingerprint density at radius 3 is 2.26 bits per heavy atom. The first-order valence-corrected chi connectivity index (χ1v) is 6.09. The van der Waals surface area contributed by atoms with Gasteiger partial charge in [0.25, 0.3) is 0 Å². The van der Waals surface area contributed by atoms with Gasteiger partial charge in [0.2, 0.25) is 5.91 Å². The van der Waals surface area contributed by atoms with E-state index in [1.807, 2.05) is 32.1 Å². The maximum Gasteiger partial charge on any atom is 0.426 e. The van der Waals surface area contributed by atoms with Crippen molar-refractivity contribution in [1.82, 2.24) is 10.9 Å². The Bertz CT molecular complexity index is 452. The molecule has 6 heteroatoms. The van der Waals surface area contributed by atoms with Crippen LogP contribution in [0, 0.1) is 0 Å². The van der Waals surface area contributed by atoms with Gasteiger partial charge in [0.15, 0.2) is 0 Å². The smallest absolute Gasteiger partial charge is 0.426 e. The molecule has 1 aromatic rings. The third-order valence-corrected chi connectivity index (χ3v) is 2.19. The maximum atomic E-state index is 11.6. The van der Waals surface area contributed by atoms with E-state index in [0.29, 0.717) is 0 Å². The van der Waals surface area contributed by atoms with Crippen LogP contribution in [0.15, 0.2) is 24.3 Å². The number of nitrogens with one attached hydrogen (secondary N) is 2. The monoisotopic (exact) mass is 262 g/mol. The summed E-state index contributed by atoms with van der Waals surface area (Å²) in [5.74, 6) is -0.297. The molecule has 0 fully saturated rings. The van der Waals surface area contributed by atoms with E-state index in [4.69, 9.17) is 4.74 Å². The number of amides is 2. The standard InChI is InChI=1S/C13H19BN2O3/c1-13(2,3)19-12(18)16-15-11(17)8-9-4-6-10(14)7-5-9/h4-7H,8,14H2,1-3H3,(H,15,17)(H,16,18). The van der Waals surface area contributed by atoms with E-state index in [2.05, 4.69) is 10.9 Å². The van der Waals surface area contributed by atoms with Gasteiger partial charge < -0.3 is 4.74 Å². The molecule has 0 aliphatic rings. The predicted molar refractivity (Wildman–Crippen MR) is 75.8 cm³/mol. The van der Waals surface area contributed by atoms with Crippen molar-refractivity contribution in [3.05, 3.63) is 29.8 Å². The number of carbonyl (C=O) groups is 2. The van der Waals surface area contributed by atoms with Gasteiger partial charge >= 0.3 is 6.09 Å². The first-order chi connectivity index (χ1) is 8.76. The van der Waals surface area contributed by atoms with Crippen molar-refractivity contribution in [2.24, 2.45) is 0 Å². The highest BCUT2D eigenvalue weighted by molar-refractivity contribution is 6.32. The summed E-state index contributed by atoms with van der Waals surface area (Å²) in [7, 11) is 1.98. The highest BCUT2D eigenvalue weighted by Gasteiger charge is 2.16. The van der Waals surface area contributed by atoms with Gasteiger partial charge in [-0.15, -0.1) is 0 Å². The summed E-state index contributed by atoms with van der Waals surface area (Å²) in [6, 6.07) is 7.62. The zero-order chi connectivity index (χ0) is 14.5. The van der Waals surface area contributed by atoms with Gasteiger partial charge in [0.05, 0.1) is 6.42 Å². The molecule has 0 saturated heterocycles. The average Bonchev–Trinajstić information content (AvgIpc) is 2.27. The van der Waals surface area contributed by atoms with Crippen molar-refractivity contribution >= 4 is 25.3 Å². The Morgan fingerprint density at radius 2 is 1.74 bits per heavy atom. The maximum absolute atomic E-state index is 11.6. The van der Waals surface area contributed by atoms with Crippen molar-refractivity contribution in [2.75, 3.05) is 0 Å². The van der Waals surface area contributed by atoms with E-state index in [0.717, 1.165) is 11.0 Å². The van der Waals surface area contributed by atoms with E-state index >= 15 is 0 Å². The van der Waals surface area contributed by atoms with Gasteiger partial charge in [-0.1, -0.05) is 29.7 Å². The van der Waals surface area contributed by atoms with Crippen LogP contribution in [0.3, 0.4) is 0 Å². The predicted octanol–water partition coefficient (Wildman–Crippen LogP) is 0.0434. The number of hydrogen-bond donors (Lipinski definition) is 2. The van der Waals surface area contributed by atoms with Gasteiger partial charge in [-0.3, -0.25) is 10.2 Å². The quantitative estimate of drug-likeness (QED) is 0.584. The normalized spacial score (nSPS) is 10.7. The van der Waals surface area contributed by atoms with Crippen molar-refractivity contribution in [3.63, 3.8) is 0 Å². The highest BCUT2D eigenvalue weighted by atomic mass is 16.6. The van der Waals surface area contributed by atoms with Crippen LogP contribution in [0.2, 0.25) is 0 Å². The van der Waals surface area contributed by atoms with Crippen LogP contribution in [0.5, 0.6) is 0 Å². The Hall–Kier alpha value is -1.98. The van der Waals surface area contributed by atoms with E-state index in [9.17, 15) is 9.59 Å². The lowest BCUT2D eigenvalue weighted by atomic mass is 9.95. The molecule has 19 heavy (non-hydrogen) atoms. The molecule has 0 atom stereocenters. The summed E-state index contributed by atoms with van der Waals surface area (Å²) in [6.45, 7) is 5.25. The van der Waals surface area contributed by atoms with E-state index < -0.39 is 11.7 Å². The van der Waals surface area contributed by atoms with Gasteiger partial charge in [-0.25, -0.2) is 10.2 Å². The molecular formula is C13H19BN2O3. The zero-order valence-electron chi connectivity index (χ0n) is 11.7. The minimum Gasteiger partial charge on any atom is -0.443 e. The molecule has 5 nitrogen and oxygen atoms in total. The van der Waals surface area contributed by atoms with Crippen molar-refractivity contribution in [1.29, 1.82) is 0 Å². The lowest BCUT2D eigenvalue weighted by molar-refractivity contribution is -0.121. The first kappa shape index (κ1) is 15.1. The number of benzene rings is 1. The van der Waals surface area contributed by atoms with Gasteiger partial charge in [-0.2, -0.15) is 0 Å². The second-order valence-electron chi connectivity index (χ2n) is 5.34. The summed E-state index contributed by atoms with van der Waals surface area (Å²) in [5.41, 5.74) is 5.94. The van der Waals surface area contributed by atoms with Crippen LogP contribution in [-0.4, -0.2) is 25.4 Å². The molecule has 0 aliphatic carbocycles. The summed E-state index contributed by atoms with van der Waals surface area (Å²) < 4.78 is 4.99. The second-order valence-corrected chi connectivity index (χ2v) is 5.34. The minimum absolute atomic E-state index is 0.204. The lowest BCUT2D eigenvalue weighted by Crippen LogP contribution is -2.44. The zero-order valence-corrected chi connectivity index (χ0v) is 11.7. The molecule has 0 heterocycles. The van der Waals surface area contributed by atoms with Crippen molar-refractivity contribution in [2.45, 2.75) is 32.8 Å². The summed E-state index contributed by atoms with van der Waals surface area (Å²) in [6.07, 6.45) is -0.472. The minimum atomic E-state index is -0.676. The van der Waals surface area contributed by atoms with E-state index in [1.165, 1.54) is 0 Å². The molecule has 0 aliphatic heterocycles. The van der Waals surface area contributed by atoms with Crippen molar-refractivity contribution < 1.29 is 14.3 Å². The fourth-order valence-electron chi connectivity index (χ4n) is 1.36. The molecule has 0 spiro atoms. The lowest BCUT2D eigenvalue weighted by Gasteiger charge is -2.19. The van der Waals surface area contributed by atoms with Gasteiger partial charge in [0.1, 0.15) is 13.4 Å². The molecule has 0 radical (unpaired) electrons. The summed E-state index contributed by atoms with van der Waals surface area (Å²) >= 11 is 0. The van der Waals surface area contributed by atoms with Crippen LogP contribution in [0.4, 0.5) is 4.79 Å². The fourth-order valence-corrected chi connectivity index (χ4v) is 1.36. The van der Waals surface area contributed by atoms with Crippen LogP contribution in [0.1, 0.15) is 26.3 Å². The second kappa shape index (κ2) is 6.27. The molecule has 0 saturated carbocycles. The molecule has 0 unspecified atom stereocenters. The van der Waals surface area contributed by atoms with Crippen LogP contribution < -0.4 is 16.3 Å². The Kier molecular flexibility index (Phi) is 4.98. The summed E-state index contributed by atoms with van der Waals surface area (Å²) in [4.78, 5) is 22.9. The number of ether oxygens (including phenoxy) is 1. The SMILES string of the molecule is Bc1ccc(CC(=O)NNC(=O)OC(C)(C)C)cc1. The van der Waals surface area contributed by atoms with Gasteiger partial charge in [0, 0.05) is 0 Å². The largest absolute Gasteiger partial charge is 0.443 e. The topological polar surface area (TPSA) is 67.4 Å². The molecule has 1 aromatic carbocycles. The van der Waals surface area contributed by atoms with Gasteiger partial charge in [-0.05, 0) is 26.3 Å². The molecule has 1 rings (SSSR count). The number of hydrazine groups is 1. The Labute approximate surface area is 114 Å². The highest BCUT2D eigenvalue weighted by Crippen LogP contribution is 2.05. The average molecular weight is 262 g/mol. The van der Waals surface area contributed by atoms with Crippen LogP contribution in [0.25, 0.3) is 0 Å². The van der Waals surface area contributed by atoms with E-state index in [-0.39, 0.29) is 12.3 Å². The molecule has 0 bridgehead atoms. The third-order valence-electron chi connectivity index (χ3n) is 2.19. The van der Waals surface area contributed by atoms with Crippen LogP contribution >= 0.6 is 0 Å². The molecular weight excluding hydrogens is 243 g/mol.